The number of halogens is 1. The van der Waals surface area contributed by atoms with E-state index in [4.69, 9.17) is 11.6 Å². The van der Waals surface area contributed by atoms with Crippen molar-refractivity contribution >= 4 is 39.3 Å². The molecule has 0 atom stereocenters. The fraction of sp³-hybridized carbons (Fsp3) is 0.235. The summed E-state index contributed by atoms with van der Waals surface area (Å²) in [6, 6.07) is 16.5. The molecule has 0 aliphatic rings. The molecule has 0 aliphatic carbocycles. The molecule has 2 rings (SSSR count). The van der Waals surface area contributed by atoms with Crippen LogP contribution in [0.3, 0.4) is 0 Å². The highest BCUT2D eigenvalue weighted by Gasteiger charge is 2.11. The molecule has 0 unspecified atom stereocenters. The summed E-state index contributed by atoms with van der Waals surface area (Å²) in [5, 5.41) is 3.20. The van der Waals surface area contributed by atoms with Crippen molar-refractivity contribution in [2.75, 3.05) is 18.1 Å². The molecule has 8 heteroatoms. The molecule has 0 fully saturated rings. The number of carbonyl (C=O) groups is 1. The molecule has 2 N–H and O–H groups in total. The second-order valence-electron chi connectivity index (χ2n) is 5.19. The lowest BCUT2D eigenvalue weighted by atomic mass is 10.2. The van der Waals surface area contributed by atoms with Gasteiger partial charge >= 0.3 is 0 Å². The van der Waals surface area contributed by atoms with E-state index in [1.807, 2.05) is 48.5 Å². The van der Waals surface area contributed by atoms with Gasteiger partial charge in [0.15, 0.2) is 0 Å². The third-order valence-electron chi connectivity index (χ3n) is 3.23. The van der Waals surface area contributed by atoms with Gasteiger partial charge in [-0.1, -0.05) is 54.1 Å². The van der Waals surface area contributed by atoms with Crippen molar-refractivity contribution in [3.8, 4) is 0 Å². The molecule has 0 saturated heterocycles. The van der Waals surface area contributed by atoms with Crippen LogP contribution in [0.15, 0.2) is 59.5 Å². The Morgan fingerprint density at radius 1 is 1.04 bits per heavy atom. The minimum Gasteiger partial charge on any atom is -0.354 e. The lowest BCUT2D eigenvalue weighted by Gasteiger charge is -2.08. The highest BCUT2D eigenvalue weighted by Crippen LogP contribution is 2.26. The van der Waals surface area contributed by atoms with Gasteiger partial charge in [0, 0.05) is 18.0 Å². The monoisotopic (exact) mass is 398 g/mol. The van der Waals surface area contributed by atoms with E-state index in [0.29, 0.717) is 5.02 Å². The quantitative estimate of drug-likeness (QED) is 0.637. The standard InChI is InChI=1S/C17H19ClN2O3S2/c18-15-8-4-5-9-16(15)24-13-17(21)19-10-11-25(22,23)20-12-14-6-2-1-3-7-14/h1-9,20H,10-13H2,(H,19,21). The van der Waals surface area contributed by atoms with Crippen LogP contribution >= 0.6 is 23.4 Å². The van der Waals surface area contributed by atoms with Crippen LogP contribution in [0.1, 0.15) is 5.56 Å². The van der Waals surface area contributed by atoms with E-state index in [1.54, 1.807) is 6.07 Å². The van der Waals surface area contributed by atoms with E-state index in [1.165, 1.54) is 11.8 Å². The van der Waals surface area contributed by atoms with Gasteiger partial charge in [-0.25, -0.2) is 13.1 Å². The normalized spacial score (nSPS) is 11.2. The Morgan fingerprint density at radius 2 is 1.72 bits per heavy atom. The number of sulfonamides is 1. The van der Waals surface area contributed by atoms with Crippen LogP contribution < -0.4 is 10.0 Å². The third-order valence-corrected chi connectivity index (χ3v) is 6.07. The predicted octanol–water partition coefficient (Wildman–Crippen LogP) is 2.67. The van der Waals surface area contributed by atoms with Gasteiger partial charge in [-0.15, -0.1) is 11.8 Å². The van der Waals surface area contributed by atoms with Crippen molar-refractivity contribution < 1.29 is 13.2 Å². The molecular weight excluding hydrogens is 380 g/mol. The van der Waals surface area contributed by atoms with Gasteiger partial charge < -0.3 is 5.32 Å². The number of thioether (sulfide) groups is 1. The minimum atomic E-state index is -3.44. The average molecular weight is 399 g/mol. The fourth-order valence-corrected chi connectivity index (χ4v) is 3.91. The molecule has 0 spiro atoms. The summed E-state index contributed by atoms with van der Waals surface area (Å²) >= 11 is 7.33. The Hall–Kier alpha value is -1.54. The zero-order valence-electron chi connectivity index (χ0n) is 13.4. The van der Waals surface area contributed by atoms with Crippen molar-refractivity contribution in [2.24, 2.45) is 0 Å². The van der Waals surface area contributed by atoms with Crippen LogP contribution in [0, 0.1) is 0 Å². The average Bonchev–Trinajstić information content (AvgIpc) is 2.60. The second-order valence-corrected chi connectivity index (χ2v) is 8.55. The van der Waals surface area contributed by atoms with Gasteiger partial charge in [0.05, 0.1) is 16.5 Å². The van der Waals surface area contributed by atoms with Gasteiger partial charge in [0.2, 0.25) is 15.9 Å². The first kappa shape index (κ1) is 19.8. The van der Waals surface area contributed by atoms with Crippen molar-refractivity contribution in [3.63, 3.8) is 0 Å². The Balaban J connectivity index is 1.68. The largest absolute Gasteiger partial charge is 0.354 e. The molecule has 25 heavy (non-hydrogen) atoms. The fourth-order valence-electron chi connectivity index (χ4n) is 1.94. The molecular formula is C17H19ClN2O3S2. The Kier molecular flexibility index (Phi) is 7.77. The van der Waals surface area contributed by atoms with E-state index >= 15 is 0 Å². The summed E-state index contributed by atoms with van der Waals surface area (Å²) in [5.74, 6) is -0.216. The molecule has 0 aromatic heterocycles. The highest BCUT2D eigenvalue weighted by molar-refractivity contribution is 8.00. The Labute approximate surface area is 157 Å². The van der Waals surface area contributed by atoms with E-state index in [9.17, 15) is 13.2 Å². The molecule has 0 aliphatic heterocycles. The van der Waals surface area contributed by atoms with Crippen molar-refractivity contribution in [3.05, 3.63) is 65.2 Å². The topological polar surface area (TPSA) is 75.3 Å². The zero-order chi connectivity index (χ0) is 18.1. The zero-order valence-corrected chi connectivity index (χ0v) is 15.8. The molecule has 134 valence electrons. The van der Waals surface area contributed by atoms with Gasteiger partial charge in [0.25, 0.3) is 0 Å². The van der Waals surface area contributed by atoms with Crippen LogP contribution in [-0.4, -0.2) is 32.4 Å². The third kappa shape index (κ3) is 7.48. The maximum Gasteiger partial charge on any atom is 0.230 e. The van der Waals surface area contributed by atoms with Crippen molar-refractivity contribution in [1.82, 2.24) is 10.0 Å². The van der Waals surface area contributed by atoms with Gasteiger partial charge in [-0.05, 0) is 17.7 Å². The van der Waals surface area contributed by atoms with Crippen molar-refractivity contribution in [1.29, 1.82) is 0 Å². The molecule has 2 aromatic carbocycles. The number of rotatable bonds is 9. The number of nitrogens with one attached hydrogen (secondary N) is 2. The highest BCUT2D eigenvalue weighted by atomic mass is 35.5. The van der Waals surface area contributed by atoms with E-state index in [-0.39, 0.29) is 30.5 Å². The van der Waals surface area contributed by atoms with Crippen LogP contribution in [0.4, 0.5) is 0 Å². The summed E-state index contributed by atoms with van der Waals surface area (Å²) < 4.78 is 26.4. The van der Waals surface area contributed by atoms with E-state index in [0.717, 1.165) is 10.5 Å². The number of hydrogen-bond donors (Lipinski definition) is 2. The Morgan fingerprint density at radius 3 is 2.44 bits per heavy atom. The van der Waals surface area contributed by atoms with Crippen LogP contribution in [-0.2, 0) is 21.4 Å². The summed E-state index contributed by atoms with van der Waals surface area (Å²) in [4.78, 5) is 12.6. The van der Waals surface area contributed by atoms with Crippen LogP contribution in [0.5, 0.6) is 0 Å². The number of carbonyl (C=O) groups excluding carboxylic acids is 1. The second kappa shape index (κ2) is 9.82. The molecule has 0 saturated carbocycles. The molecule has 0 bridgehead atoms. The summed E-state index contributed by atoms with van der Waals surface area (Å²) in [7, 11) is -3.44. The first-order chi connectivity index (χ1) is 12.0. The maximum absolute atomic E-state index is 11.9. The predicted molar refractivity (Wildman–Crippen MR) is 102 cm³/mol. The minimum absolute atomic E-state index is 0.0615. The molecule has 2 aromatic rings. The Bertz CT molecular complexity index is 799. The lowest BCUT2D eigenvalue weighted by molar-refractivity contribution is -0.118. The number of hydrogen-bond acceptors (Lipinski definition) is 4. The number of benzene rings is 2. The van der Waals surface area contributed by atoms with E-state index in [2.05, 4.69) is 10.0 Å². The summed E-state index contributed by atoms with van der Waals surface area (Å²) in [6.07, 6.45) is 0. The molecule has 0 heterocycles. The first-order valence-corrected chi connectivity index (χ1v) is 10.6. The van der Waals surface area contributed by atoms with Crippen LogP contribution in [0.2, 0.25) is 5.02 Å². The molecule has 0 radical (unpaired) electrons. The van der Waals surface area contributed by atoms with Crippen molar-refractivity contribution in [2.45, 2.75) is 11.4 Å². The SMILES string of the molecule is O=C(CSc1ccccc1Cl)NCCS(=O)(=O)NCc1ccccc1. The lowest BCUT2D eigenvalue weighted by Crippen LogP contribution is -2.34. The molecule has 5 nitrogen and oxygen atoms in total. The van der Waals surface area contributed by atoms with Crippen LogP contribution in [0.25, 0.3) is 0 Å². The first-order valence-electron chi connectivity index (χ1n) is 7.61. The smallest absolute Gasteiger partial charge is 0.230 e. The summed E-state index contributed by atoms with van der Waals surface area (Å²) in [5.41, 5.74) is 0.881. The van der Waals surface area contributed by atoms with E-state index < -0.39 is 10.0 Å². The van der Waals surface area contributed by atoms with Gasteiger partial charge in [0.1, 0.15) is 0 Å². The maximum atomic E-state index is 11.9. The van der Waals surface area contributed by atoms with Gasteiger partial charge in [-0.2, -0.15) is 0 Å². The molecule has 1 amide bonds. The van der Waals surface area contributed by atoms with Gasteiger partial charge in [-0.3, -0.25) is 4.79 Å². The summed E-state index contributed by atoms with van der Waals surface area (Å²) in [6.45, 7) is 0.297. The number of amides is 1.